The SMILES string of the molecule is CCC(CC(CC(CC)c1ccccc1)c1ccc(C[n+]2ccsc2)cc1)c1ccccc1. The summed E-state index contributed by atoms with van der Waals surface area (Å²) in [6.45, 7) is 5.62. The van der Waals surface area contributed by atoms with E-state index in [4.69, 9.17) is 0 Å². The molecule has 33 heavy (non-hydrogen) atoms. The van der Waals surface area contributed by atoms with Crippen LogP contribution in [0.1, 0.15) is 79.5 Å². The number of benzene rings is 3. The lowest BCUT2D eigenvalue weighted by atomic mass is 9.77. The van der Waals surface area contributed by atoms with Gasteiger partial charge in [0.25, 0.3) is 0 Å². The molecule has 1 heterocycles. The van der Waals surface area contributed by atoms with E-state index in [0.717, 1.165) is 6.54 Å². The summed E-state index contributed by atoms with van der Waals surface area (Å²) in [5.74, 6) is 1.72. The van der Waals surface area contributed by atoms with Gasteiger partial charge in [-0.05, 0) is 60.1 Å². The van der Waals surface area contributed by atoms with E-state index in [9.17, 15) is 0 Å². The van der Waals surface area contributed by atoms with Crippen LogP contribution in [0.25, 0.3) is 0 Å². The van der Waals surface area contributed by atoms with Crippen LogP contribution in [0, 0.1) is 0 Å². The van der Waals surface area contributed by atoms with Crippen molar-refractivity contribution in [1.29, 1.82) is 0 Å². The topological polar surface area (TPSA) is 3.88 Å². The molecule has 0 amide bonds. The van der Waals surface area contributed by atoms with Gasteiger partial charge >= 0.3 is 0 Å². The molecule has 0 N–H and O–H groups in total. The maximum Gasteiger partial charge on any atom is 0.224 e. The smallest absolute Gasteiger partial charge is 0.191 e. The van der Waals surface area contributed by atoms with Crippen LogP contribution in [0.2, 0.25) is 0 Å². The van der Waals surface area contributed by atoms with Crippen LogP contribution in [0.3, 0.4) is 0 Å². The summed E-state index contributed by atoms with van der Waals surface area (Å²) in [5.41, 5.74) is 7.98. The molecular formula is C31H36NS+. The molecule has 170 valence electrons. The maximum absolute atomic E-state index is 2.39. The molecule has 0 fully saturated rings. The second-order valence-corrected chi connectivity index (χ2v) is 9.90. The minimum Gasteiger partial charge on any atom is -0.191 e. The van der Waals surface area contributed by atoms with Crippen molar-refractivity contribution in [2.75, 3.05) is 0 Å². The number of nitrogens with zero attached hydrogens (tertiary/aromatic N) is 1. The quantitative estimate of drug-likeness (QED) is 0.201. The predicted octanol–water partition coefficient (Wildman–Crippen LogP) is 8.34. The molecule has 0 spiro atoms. The van der Waals surface area contributed by atoms with Gasteiger partial charge in [0.2, 0.25) is 5.51 Å². The van der Waals surface area contributed by atoms with Crippen LogP contribution in [-0.2, 0) is 6.54 Å². The molecule has 2 unspecified atom stereocenters. The number of rotatable bonds is 11. The number of hydrogen-bond donors (Lipinski definition) is 0. The first-order valence-electron chi connectivity index (χ1n) is 12.4. The summed E-state index contributed by atoms with van der Waals surface area (Å²) in [7, 11) is 0. The Balaban J connectivity index is 1.58. The number of thiazole rings is 1. The third-order valence-electron chi connectivity index (χ3n) is 7.01. The monoisotopic (exact) mass is 454 g/mol. The summed E-state index contributed by atoms with van der Waals surface area (Å²) < 4.78 is 2.25. The normalized spacial score (nSPS) is 14.0. The predicted molar refractivity (Wildman–Crippen MR) is 141 cm³/mol. The van der Waals surface area contributed by atoms with Gasteiger partial charge in [-0.3, -0.25) is 0 Å². The Morgan fingerprint density at radius 2 is 1.15 bits per heavy atom. The van der Waals surface area contributed by atoms with Crippen LogP contribution >= 0.6 is 11.3 Å². The Morgan fingerprint density at radius 3 is 1.61 bits per heavy atom. The summed E-state index contributed by atoms with van der Waals surface area (Å²) in [4.78, 5) is 0. The van der Waals surface area contributed by atoms with Crippen molar-refractivity contribution in [2.24, 2.45) is 0 Å². The Kier molecular flexibility index (Phi) is 8.49. The zero-order valence-electron chi connectivity index (χ0n) is 19.9. The first kappa shape index (κ1) is 23.4. The number of hydrogen-bond acceptors (Lipinski definition) is 1. The molecular weight excluding hydrogens is 418 g/mol. The lowest BCUT2D eigenvalue weighted by molar-refractivity contribution is -0.683. The van der Waals surface area contributed by atoms with Crippen LogP contribution < -0.4 is 4.57 Å². The fourth-order valence-electron chi connectivity index (χ4n) is 5.04. The van der Waals surface area contributed by atoms with Gasteiger partial charge in [-0.1, -0.05) is 110 Å². The van der Waals surface area contributed by atoms with Crippen molar-refractivity contribution in [2.45, 2.75) is 63.8 Å². The highest BCUT2D eigenvalue weighted by Gasteiger charge is 2.23. The molecule has 2 atom stereocenters. The molecule has 1 nitrogen and oxygen atoms in total. The van der Waals surface area contributed by atoms with E-state index in [-0.39, 0.29) is 0 Å². The van der Waals surface area contributed by atoms with Crippen molar-refractivity contribution < 1.29 is 4.57 Å². The zero-order chi connectivity index (χ0) is 22.9. The van der Waals surface area contributed by atoms with Crippen LogP contribution in [0.4, 0.5) is 0 Å². The lowest BCUT2D eigenvalue weighted by Crippen LogP contribution is -2.30. The van der Waals surface area contributed by atoms with Gasteiger partial charge < -0.3 is 0 Å². The zero-order valence-corrected chi connectivity index (χ0v) is 20.8. The Bertz CT molecular complexity index is 1010. The highest BCUT2D eigenvalue weighted by atomic mass is 32.1. The second kappa shape index (κ2) is 12.0. The summed E-state index contributed by atoms with van der Waals surface area (Å²) in [6.07, 6.45) is 6.90. The van der Waals surface area contributed by atoms with Gasteiger partial charge in [-0.25, -0.2) is 0 Å². The first-order valence-corrected chi connectivity index (χ1v) is 13.3. The molecule has 0 aliphatic carbocycles. The average molecular weight is 455 g/mol. The molecule has 4 rings (SSSR count). The van der Waals surface area contributed by atoms with Gasteiger partial charge in [0.15, 0.2) is 12.7 Å². The number of aromatic nitrogens is 1. The first-order chi connectivity index (χ1) is 16.3. The van der Waals surface area contributed by atoms with Crippen LogP contribution in [0.5, 0.6) is 0 Å². The van der Waals surface area contributed by atoms with Gasteiger partial charge in [0, 0.05) is 5.56 Å². The minimum absolute atomic E-state index is 0.545. The standard InChI is InChI=1S/C31H36NS/c1-3-26(28-11-7-5-8-12-28)21-31(22-27(4-2)29-13-9-6-10-14-29)30-17-15-25(16-18-30)23-32-19-20-33-24-32/h5-20,24,26-27,31H,3-4,21-23H2,1-2H3/q+1. The van der Waals surface area contributed by atoms with E-state index in [1.165, 1.54) is 47.9 Å². The van der Waals surface area contributed by atoms with Gasteiger partial charge in [-0.2, -0.15) is 4.57 Å². The highest BCUT2D eigenvalue weighted by molar-refractivity contribution is 7.07. The molecule has 0 saturated heterocycles. The molecule has 0 saturated carbocycles. The van der Waals surface area contributed by atoms with Crippen molar-refractivity contribution >= 4 is 11.3 Å². The Hall–Kier alpha value is -2.71. The average Bonchev–Trinajstić information content (AvgIpc) is 3.39. The van der Waals surface area contributed by atoms with Gasteiger partial charge in [-0.15, -0.1) is 0 Å². The third kappa shape index (κ3) is 6.42. The minimum atomic E-state index is 0.545. The van der Waals surface area contributed by atoms with E-state index in [0.29, 0.717) is 17.8 Å². The molecule has 0 aliphatic rings. The van der Waals surface area contributed by atoms with E-state index >= 15 is 0 Å². The molecule has 3 aromatic carbocycles. The Morgan fingerprint density at radius 1 is 0.636 bits per heavy atom. The molecule has 1 aromatic heterocycles. The van der Waals surface area contributed by atoms with Crippen molar-refractivity contribution in [3.8, 4) is 0 Å². The fraction of sp³-hybridized carbons (Fsp3) is 0.323. The fourth-order valence-corrected chi connectivity index (χ4v) is 5.64. The second-order valence-electron chi connectivity index (χ2n) is 9.14. The van der Waals surface area contributed by atoms with Crippen LogP contribution in [-0.4, -0.2) is 0 Å². The van der Waals surface area contributed by atoms with E-state index < -0.39 is 0 Å². The van der Waals surface area contributed by atoms with Crippen LogP contribution in [0.15, 0.2) is 102 Å². The molecule has 4 aromatic rings. The summed E-state index contributed by atoms with van der Waals surface area (Å²) in [5, 5.41) is 2.13. The van der Waals surface area contributed by atoms with Gasteiger partial charge in [0.1, 0.15) is 0 Å². The van der Waals surface area contributed by atoms with E-state index in [1.807, 2.05) is 0 Å². The lowest BCUT2D eigenvalue weighted by Gasteiger charge is -2.28. The maximum atomic E-state index is 2.39. The highest BCUT2D eigenvalue weighted by Crippen LogP contribution is 2.39. The van der Waals surface area contributed by atoms with Crippen molar-refractivity contribution in [1.82, 2.24) is 0 Å². The molecule has 0 radical (unpaired) electrons. The van der Waals surface area contributed by atoms with Crippen molar-refractivity contribution in [3.63, 3.8) is 0 Å². The molecule has 0 bridgehead atoms. The molecule has 0 aliphatic heterocycles. The largest absolute Gasteiger partial charge is 0.224 e. The van der Waals surface area contributed by atoms with Crippen molar-refractivity contribution in [3.05, 3.63) is 124 Å². The Labute approximate surface area is 203 Å². The summed E-state index contributed by atoms with van der Waals surface area (Å²) >= 11 is 1.74. The van der Waals surface area contributed by atoms with Gasteiger partial charge in [0.05, 0.1) is 5.38 Å². The van der Waals surface area contributed by atoms with E-state index in [1.54, 1.807) is 11.3 Å². The third-order valence-corrected chi connectivity index (χ3v) is 7.68. The summed E-state index contributed by atoms with van der Waals surface area (Å²) in [6, 6.07) is 31.7. The molecule has 2 heteroatoms. The van der Waals surface area contributed by atoms with E-state index in [2.05, 4.69) is 120 Å².